The van der Waals surface area contributed by atoms with Gasteiger partial charge in [-0.2, -0.15) is 0 Å². The molecule has 206 valence electrons. The van der Waals surface area contributed by atoms with E-state index in [4.69, 9.17) is 0 Å². The van der Waals surface area contributed by atoms with Crippen molar-refractivity contribution in [3.63, 3.8) is 0 Å². The molecule has 2 atom stereocenters. The van der Waals surface area contributed by atoms with Crippen molar-refractivity contribution in [1.82, 2.24) is 10.0 Å². The van der Waals surface area contributed by atoms with Gasteiger partial charge in [0.25, 0.3) is 5.91 Å². The number of hydrogen-bond donors (Lipinski definition) is 2. The van der Waals surface area contributed by atoms with Gasteiger partial charge in [-0.1, -0.05) is 0 Å². The van der Waals surface area contributed by atoms with E-state index >= 15 is 0 Å². The van der Waals surface area contributed by atoms with Crippen LogP contribution in [0.1, 0.15) is 27.9 Å². The Hall–Kier alpha value is -3.29. The predicted molar refractivity (Wildman–Crippen MR) is 138 cm³/mol. The first-order valence-corrected chi connectivity index (χ1v) is 14.0. The number of nitrogens with one attached hydrogen (secondary N) is 2. The number of carbonyl (C=O) groups excluding carboxylic acids is 2. The van der Waals surface area contributed by atoms with Gasteiger partial charge < -0.3 is 10.2 Å². The minimum Gasteiger partial charge on any atom is -0.348 e. The summed E-state index contributed by atoms with van der Waals surface area (Å²) < 4.78 is 82.9. The van der Waals surface area contributed by atoms with E-state index in [9.17, 15) is 35.8 Å². The third-order valence-corrected chi connectivity index (χ3v) is 7.76. The van der Waals surface area contributed by atoms with Crippen molar-refractivity contribution in [2.75, 3.05) is 17.7 Å². The predicted octanol–water partition coefficient (Wildman–Crippen LogP) is 4.59. The van der Waals surface area contributed by atoms with E-state index in [0.29, 0.717) is 35.2 Å². The third-order valence-electron chi connectivity index (χ3n) is 5.83. The maximum atomic E-state index is 14.0. The molecule has 0 bridgehead atoms. The van der Waals surface area contributed by atoms with Gasteiger partial charge in [0.05, 0.1) is 28.5 Å². The number of nitrogens with zero attached hydrogens (tertiary/aromatic N) is 1. The molecule has 2 amide bonds. The van der Waals surface area contributed by atoms with Gasteiger partial charge in [-0.3, -0.25) is 9.59 Å². The minimum absolute atomic E-state index is 0.0574. The van der Waals surface area contributed by atoms with Crippen LogP contribution in [0.3, 0.4) is 0 Å². The van der Waals surface area contributed by atoms with Gasteiger partial charge >= 0.3 is 0 Å². The smallest absolute Gasteiger partial charge is 0.251 e. The average Bonchev–Trinajstić information content (AvgIpc) is 2.84. The van der Waals surface area contributed by atoms with Crippen molar-refractivity contribution >= 4 is 40.2 Å². The summed E-state index contributed by atoms with van der Waals surface area (Å²) in [6.07, 6.45) is 1.77. The summed E-state index contributed by atoms with van der Waals surface area (Å²) in [7, 11) is -1.28. The van der Waals surface area contributed by atoms with E-state index < -0.39 is 63.3 Å². The SMILES string of the molecule is CS(=O)NCCC1Sc2ccc(C(=O)NCc3c(F)cc(F)cc3F)cc2N(Cc2cc(F)cc(F)c2)C1=O. The molecule has 6 nitrogen and oxygen atoms in total. The van der Waals surface area contributed by atoms with Crippen LogP contribution in [-0.4, -0.2) is 34.1 Å². The van der Waals surface area contributed by atoms with Crippen molar-refractivity contribution in [2.24, 2.45) is 0 Å². The van der Waals surface area contributed by atoms with Crippen LogP contribution in [0, 0.1) is 29.1 Å². The van der Waals surface area contributed by atoms with E-state index in [1.807, 2.05) is 0 Å². The summed E-state index contributed by atoms with van der Waals surface area (Å²) in [5.41, 5.74) is 0.0294. The van der Waals surface area contributed by atoms with E-state index in [1.165, 1.54) is 35.1 Å². The lowest BCUT2D eigenvalue weighted by Crippen LogP contribution is -2.42. The molecule has 4 rings (SSSR count). The molecule has 3 aromatic rings. The molecule has 1 heterocycles. The standard InChI is InChI=1S/C26H22F5N3O3S2/c1-39(37)33-5-4-24-26(36)34(13-14-6-16(27)9-17(28)7-14)22-8-15(2-3-23(22)38-24)25(35)32-12-19-20(30)10-18(29)11-21(19)31/h2-3,6-11,24,33H,4-5,12-13H2,1H3,(H,32,35). The molecule has 0 saturated heterocycles. The lowest BCUT2D eigenvalue weighted by atomic mass is 10.1. The minimum atomic E-state index is -1.28. The van der Waals surface area contributed by atoms with Crippen molar-refractivity contribution in [1.29, 1.82) is 0 Å². The molecular weight excluding hydrogens is 561 g/mol. The fourth-order valence-corrected chi connectivity index (χ4v) is 5.65. The summed E-state index contributed by atoms with van der Waals surface area (Å²) >= 11 is 1.23. The zero-order valence-electron chi connectivity index (χ0n) is 20.4. The maximum Gasteiger partial charge on any atom is 0.251 e. The topological polar surface area (TPSA) is 78.5 Å². The highest BCUT2D eigenvalue weighted by Gasteiger charge is 2.34. The van der Waals surface area contributed by atoms with Crippen molar-refractivity contribution < 1.29 is 35.8 Å². The number of amides is 2. The first-order chi connectivity index (χ1) is 18.5. The molecule has 0 aromatic heterocycles. The van der Waals surface area contributed by atoms with E-state index in [-0.39, 0.29) is 30.1 Å². The number of anilines is 1. The van der Waals surface area contributed by atoms with Crippen LogP contribution in [0.5, 0.6) is 0 Å². The Balaban J connectivity index is 1.61. The molecule has 0 saturated carbocycles. The molecular formula is C26H22F5N3O3S2. The second kappa shape index (κ2) is 12.3. The Bertz CT molecular complexity index is 1410. The number of carbonyl (C=O) groups is 2. The van der Waals surface area contributed by atoms with Gasteiger partial charge in [0.15, 0.2) is 0 Å². The third kappa shape index (κ3) is 7.02. The zero-order valence-corrected chi connectivity index (χ0v) is 22.0. The fourth-order valence-electron chi connectivity index (χ4n) is 4.04. The largest absolute Gasteiger partial charge is 0.348 e. The van der Waals surface area contributed by atoms with Gasteiger partial charge in [0.2, 0.25) is 5.91 Å². The second-order valence-corrected chi connectivity index (χ2v) is 11.1. The molecule has 1 aliphatic heterocycles. The number of halogens is 5. The van der Waals surface area contributed by atoms with Crippen molar-refractivity contribution in [3.8, 4) is 0 Å². The summed E-state index contributed by atoms with van der Waals surface area (Å²) in [5.74, 6) is -6.12. The molecule has 0 spiro atoms. The Morgan fingerprint density at radius 2 is 1.62 bits per heavy atom. The average molecular weight is 584 g/mol. The molecule has 3 aromatic carbocycles. The van der Waals surface area contributed by atoms with Crippen LogP contribution in [0.4, 0.5) is 27.6 Å². The molecule has 0 aliphatic carbocycles. The summed E-state index contributed by atoms with van der Waals surface area (Å²) in [6.45, 7) is -0.467. The number of thioether (sulfide) groups is 1. The highest BCUT2D eigenvalue weighted by Crippen LogP contribution is 2.41. The Morgan fingerprint density at radius 3 is 2.26 bits per heavy atom. The first kappa shape index (κ1) is 28.7. The summed E-state index contributed by atoms with van der Waals surface area (Å²) in [5, 5.41) is 1.77. The summed E-state index contributed by atoms with van der Waals surface area (Å²) in [6, 6.07) is 8.36. The Morgan fingerprint density at radius 1 is 0.974 bits per heavy atom. The van der Waals surface area contributed by atoms with Gasteiger partial charge in [0.1, 0.15) is 29.1 Å². The van der Waals surface area contributed by atoms with Crippen molar-refractivity contribution in [2.45, 2.75) is 29.7 Å². The van der Waals surface area contributed by atoms with Crippen LogP contribution in [0.15, 0.2) is 53.4 Å². The molecule has 1 aliphatic rings. The molecule has 2 N–H and O–H groups in total. The molecule has 13 heteroatoms. The molecule has 0 radical (unpaired) electrons. The highest BCUT2D eigenvalue weighted by atomic mass is 32.2. The van der Waals surface area contributed by atoms with Gasteiger partial charge in [-0.25, -0.2) is 30.9 Å². The van der Waals surface area contributed by atoms with Crippen LogP contribution in [-0.2, 0) is 28.9 Å². The number of benzene rings is 3. The van der Waals surface area contributed by atoms with Gasteiger partial charge in [-0.05, 0) is 42.3 Å². The number of hydrogen-bond acceptors (Lipinski definition) is 4. The van der Waals surface area contributed by atoms with Gasteiger partial charge in [-0.15, -0.1) is 11.8 Å². The lowest BCUT2D eigenvalue weighted by molar-refractivity contribution is -0.118. The van der Waals surface area contributed by atoms with E-state index in [2.05, 4.69) is 10.0 Å². The van der Waals surface area contributed by atoms with Crippen LogP contribution in [0.25, 0.3) is 0 Å². The zero-order chi connectivity index (χ0) is 28.3. The normalized spacial score (nSPS) is 15.7. The number of rotatable bonds is 9. The Labute approximate surface area is 227 Å². The van der Waals surface area contributed by atoms with Crippen LogP contribution >= 0.6 is 11.8 Å². The molecule has 2 unspecified atom stereocenters. The second-order valence-electron chi connectivity index (χ2n) is 8.66. The van der Waals surface area contributed by atoms with Crippen LogP contribution in [0.2, 0.25) is 0 Å². The molecule has 0 fully saturated rings. The van der Waals surface area contributed by atoms with Crippen LogP contribution < -0.4 is 14.9 Å². The summed E-state index contributed by atoms with van der Waals surface area (Å²) in [4.78, 5) is 28.2. The van der Waals surface area contributed by atoms with E-state index in [1.54, 1.807) is 6.07 Å². The number of fused-ring (bicyclic) bond motifs is 1. The Kier molecular flexibility index (Phi) is 9.03. The van der Waals surface area contributed by atoms with Crippen molar-refractivity contribution in [3.05, 3.63) is 94.3 Å². The lowest BCUT2D eigenvalue weighted by Gasteiger charge is -2.34. The first-order valence-electron chi connectivity index (χ1n) is 11.6. The molecule has 39 heavy (non-hydrogen) atoms. The highest BCUT2D eigenvalue weighted by molar-refractivity contribution is 8.01. The quantitative estimate of drug-likeness (QED) is 0.362. The fraction of sp³-hybridized carbons (Fsp3) is 0.231. The maximum absolute atomic E-state index is 14.0. The van der Waals surface area contributed by atoms with Gasteiger partial charge in [0, 0.05) is 53.6 Å². The van der Waals surface area contributed by atoms with E-state index in [0.717, 1.165) is 12.1 Å². The monoisotopic (exact) mass is 583 g/mol.